The number of aliphatic carboxylic acids is 1. The summed E-state index contributed by atoms with van der Waals surface area (Å²) in [6.07, 6.45) is 8.54. The lowest BCUT2D eigenvalue weighted by molar-refractivity contribution is -0.132. The van der Waals surface area contributed by atoms with E-state index >= 15 is 0 Å². The SMILES string of the molecule is COC(=O)N1C=CC=CC1C/C=C(\C)C(=O)O. The standard InChI is InChI=1S/C12H15NO4/c1-9(11(14)15)6-7-10-5-3-4-8-13(10)12(16)17-2/h3-6,8,10H,7H2,1-2H3,(H,14,15)/b9-6+. The number of carbonyl (C=O) groups excluding carboxylic acids is 1. The van der Waals surface area contributed by atoms with Gasteiger partial charge in [0.05, 0.1) is 13.2 Å². The van der Waals surface area contributed by atoms with E-state index in [0.29, 0.717) is 6.42 Å². The Bertz CT molecular complexity index is 395. The van der Waals surface area contributed by atoms with Gasteiger partial charge in [-0.15, -0.1) is 0 Å². The zero-order valence-corrected chi connectivity index (χ0v) is 9.79. The maximum Gasteiger partial charge on any atom is 0.414 e. The molecule has 0 aromatic heterocycles. The number of carboxylic acid groups (broad SMARTS) is 1. The van der Waals surface area contributed by atoms with Crippen LogP contribution in [0.5, 0.6) is 0 Å². The highest BCUT2D eigenvalue weighted by molar-refractivity contribution is 5.85. The van der Waals surface area contributed by atoms with Crippen LogP contribution in [-0.2, 0) is 9.53 Å². The number of carboxylic acids is 1. The van der Waals surface area contributed by atoms with Crippen LogP contribution in [0.25, 0.3) is 0 Å². The van der Waals surface area contributed by atoms with E-state index in [2.05, 4.69) is 4.74 Å². The van der Waals surface area contributed by atoms with E-state index in [1.165, 1.54) is 18.9 Å². The van der Waals surface area contributed by atoms with E-state index in [-0.39, 0.29) is 11.6 Å². The molecule has 5 heteroatoms. The first-order valence-electron chi connectivity index (χ1n) is 5.17. The third kappa shape index (κ3) is 3.48. The first kappa shape index (κ1) is 13.0. The second-order valence-corrected chi connectivity index (χ2v) is 3.60. The van der Waals surface area contributed by atoms with Gasteiger partial charge in [0.1, 0.15) is 0 Å². The summed E-state index contributed by atoms with van der Waals surface area (Å²) in [5.74, 6) is -0.954. The molecule has 92 valence electrons. The van der Waals surface area contributed by atoms with Crippen molar-refractivity contribution in [1.29, 1.82) is 0 Å². The predicted molar refractivity (Wildman–Crippen MR) is 62.3 cm³/mol. The molecule has 0 bridgehead atoms. The summed E-state index contributed by atoms with van der Waals surface area (Å²) in [7, 11) is 1.31. The summed E-state index contributed by atoms with van der Waals surface area (Å²) in [4.78, 5) is 23.5. The first-order chi connectivity index (χ1) is 8.06. The molecule has 0 aromatic rings. The van der Waals surface area contributed by atoms with Gasteiger partial charge >= 0.3 is 12.1 Å². The second-order valence-electron chi connectivity index (χ2n) is 3.60. The van der Waals surface area contributed by atoms with E-state index < -0.39 is 12.1 Å². The van der Waals surface area contributed by atoms with Gasteiger partial charge in [0.15, 0.2) is 0 Å². The number of methoxy groups -OCH3 is 1. The van der Waals surface area contributed by atoms with E-state index in [0.717, 1.165) is 0 Å². The molecule has 1 aliphatic rings. The van der Waals surface area contributed by atoms with Gasteiger partial charge < -0.3 is 9.84 Å². The van der Waals surface area contributed by atoms with Crippen molar-refractivity contribution in [3.05, 3.63) is 36.1 Å². The van der Waals surface area contributed by atoms with Crippen LogP contribution in [0.15, 0.2) is 36.1 Å². The number of nitrogens with zero attached hydrogens (tertiary/aromatic N) is 1. The lowest BCUT2D eigenvalue weighted by Crippen LogP contribution is -2.35. The van der Waals surface area contributed by atoms with Crippen LogP contribution in [0.1, 0.15) is 13.3 Å². The van der Waals surface area contributed by atoms with Crippen molar-refractivity contribution in [2.75, 3.05) is 7.11 Å². The van der Waals surface area contributed by atoms with Gasteiger partial charge in [-0.2, -0.15) is 0 Å². The molecule has 0 spiro atoms. The highest BCUT2D eigenvalue weighted by atomic mass is 16.5. The van der Waals surface area contributed by atoms with Crippen molar-refractivity contribution in [2.24, 2.45) is 0 Å². The van der Waals surface area contributed by atoms with Crippen LogP contribution in [0.2, 0.25) is 0 Å². The molecule has 0 saturated heterocycles. The van der Waals surface area contributed by atoms with Gasteiger partial charge in [-0.25, -0.2) is 9.59 Å². The molecule has 1 heterocycles. The van der Waals surface area contributed by atoms with Crippen molar-refractivity contribution in [2.45, 2.75) is 19.4 Å². The van der Waals surface area contributed by atoms with Crippen molar-refractivity contribution >= 4 is 12.1 Å². The molecule has 17 heavy (non-hydrogen) atoms. The monoisotopic (exact) mass is 237 g/mol. The Hall–Kier alpha value is -2.04. The molecule has 1 unspecified atom stereocenters. The number of hydrogen-bond donors (Lipinski definition) is 1. The molecule has 0 aliphatic carbocycles. The van der Waals surface area contributed by atoms with Crippen LogP contribution in [-0.4, -0.2) is 35.2 Å². The Balaban J connectivity index is 2.72. The Morgan fingerprint density at radius 3 is 2.76 bits per heavy atom. The molecule has 1 rings (SSSR count). The molecule has 1 amide bonds. The Labute approximate surface area is 99.7 Å². The lowest BCUT2D eigenvalue weighted by Gasteiger charge is -2.26. The quantitative estimate of drug-likeness (QED) is 0.761. The van der Waals surface area contributed by atoms with Gasteiger partial charge in [0.25, 0.3) is 0 Å². The van der Waals surface area contributed by atoms with Crippen LogP contribution < -0.4 is 0 Å². The molecule has 0 fully saturated rings. The molecule has 0 aromatic carbocycles. The third-order valence-corrected chi connectivity index (χ3v) is 2.44. The Kier molecular flexibility index (Phi) is 4.51. The summed E-state index contributed by atoms with van der Waals surface area (Å²) in [5.41, 5.74) is 0.262. The number of hydrogen-bond acceptors (Lipinski definition) is 3. The summed E-state index contributed by atoms with van der Waals surface area (Å²) in [5, 5.41) is 8.73. The molecular weight excluding hydrogens is 222 g/mol. The van der Waals surface area contributed by atoms with E-state index in [9.17, 15) is 9.59 Å². The smallest absolute Gasteiger partial charge is 0.414 e. The average Bonchev–Trinajstić information content (AvgIpc) is 2.35. The van der Waals surface area contributed by atoms with Crippen LogP contribution in [0, 0.1) is 0 Å². The van der Waals surface area contributed by atoms with Gasteiger partial charge in [0, 0.05) is 11.8 Å². The Morgan fingerprint density at radius 1 is 1.47 bits per heavy atom. The molecule has 1 N–H and O–H groups in total. The van der Waals surface area contributed by atoms with Gasteiger partial charge in [-0.1, -0.05) is 18.2 Å². The van der Waals surface area contributed by atoms with Gasteiger partial charge in [-0.05, 0) is 19.4 Å². The molecule has 0 saturated carbocycles. The number of rotatable bonds is 3. The highest BCUT2D eigenvalue weighted by Gasteiger charge is 2.20. The molecule has 5 nitrogen and oxygen atoms in total. The minimum Gasteiger partial charge on any atom is -0.478 e. The largest absolute Gasteiger partial charge is 0.478 e. The summed E-state index contributed by atoms with van der Waals surface area (Å²) in [6, 6.07) is -0.207. The molecule has 0 radical (unpaired) electrons. The zero-order valence-electron chi connectivity index (χ0n) is 9.79. The van der Waals surface area contributed by atoms with Crippen molar-refractivity contribution in [1.82, 2.24) is 4.90 Å². The minimum absolute atomic E-state index is 0.207. The first-order valence-corrected chi connectivity index (χ1v) is 5.17. The fourth-order valence-corrected chi connectivity index (χ4v) is 1.42. The fraction of sp³-hybridized carbons (Fsp3) is 0.333. The number of carbonyl (C=O) groups is 2. The van der Waals surface area contributed by atoms with Crippen LogP contribution >= 0.6 is 0 Å². The summed E-state index contributed by atoms with van der Waals surface area (Å²) < 4.78 is 4.64. The number of amides is 1. The third-order valence-electron chi connectivity index (χ3n) is 2.44. The fourth-order valence-electron chi connectivity index (χ4n) is 1.42. The number of ether oxygens (including phenoxy) is 1. The zero-order chi connectivity index (χ0) is 12.8. The van der Waals surface area contributed by atoms with E-state index in [1.54, 1.807) is 18.4 Å². The summed E-state index contributed by atoms with van der Waals surface area (Å²) in [6.45, 7) is 1.52. The lowest BCUT2D eigenvalue weighted by atomic mass is 10.1. The molecular formula is C12H15NO4. The van der Waals surface area contributed by atoms with Gasteiger partial charge in [-0.3, -0.25) is 4.90 Å². The maximum atomic E-state index is 11.4. The molecule has 1 atom stereocenters. The minimum atomic E-state index is -0.954. The summed E-state index contributed by atoms with van der Waals surface area (Å²) >= 11 is 0. The van der Waals surface area contributed by atoms with Crippen molar-refractivity contribution in [3.8, 4) is 0 Å². The van der Waals surface area contributed by atoms with Gasteiger partial charge in [0.2, 0.25) is 0 Å². The van der Waals surface area contributed by atoms with E-state index in [1.807, 2.05) is 12.2 Å². The highest BCUT2D eigenvalue weighted by Crippen LogP contribution is 2.14. The Morgan fingerprint density at radius 2 is 2.18 bits per heavy atom. The van der Waals surface area contributed by atoms with Crippen molar-refractivity contribution in [3.63, 3.8) is 0 Å². The van der Waals surface area contributed by atoms with Crippen LogP contribution in [0.3, 0.4) is 0 Å². The normalized spacial score (nSPS) is 19.3. The maximum absolute atomic E-state index is 11.4. The second kappa shape index (κ2) is 5.89. The number of allylic oxidation sites excluding steroid dienone is 2. The predicted octanol–water partition coefficient (Wildman–Crippen LogP) is 1.93. The van der Waals surface area contributed by atoms with E-state index in [4.69, 9.17) is 5.11 Å². The average molecular weight is 237 g/mol. The molecule has 1 aliphatic heterocycles. The topological polar surface area (TPSA) is 66.8 Å². The van der Waals surface area contributed by atoms with Crippen LogP contribution in [0.4, 0.5) is 4.79 Å². The van der Waals surface area contributed by atoms with Crippen molar-refractivity contribution < 1.29 is 19.4 Å².